The highest BCUT2D eigenvalue weighted by Crippen LogP contribution is 2.66. The topological polar surface area (TPSA) is 93.1 Å². The SMILES string of the molecule is C[C@]12CC[C@@H]3c4ccc(OC(=O)c5ccccc5C5CC(O)[C@@]6(C)CC[C@@H]7c8ccc(O)cc8CC[C@H]7[C@H]56)cc4CC[C@H]3[C@@H]1CCC2OC(=O)c1ccccc1. The number of fused-ring (bicyclic) bond motifs is 10. The number of phenolic OH excluding ortho intramolecular Hbond substituents is 1. The molecule has 0 bridgehead atoms. The Hall–Kier alpha value is -4.42. The second-order valence-corrected chi connectivity index (χ2v) is 18.8. The number of aliphatic hydroxyl groups is 1. The van der Waals surface area contributed by atoms with E-state index in [1.54, 1.807) is 0 Å². The number of hydrogen-bond acceptors (Lipinski definition) is 6. The van der Waals surface area contributed by atoms with Crippen molar-refractivity contribution >= 4 is 11.9 Å². The highest BCUT2D eigenvalue weighted by molar-refractivity contribution is 5.93. The number of carbonyl (C=O) groups excluding carboxylic acids is 2. The molecular weight excluding hydrogens is 697 g/mol. The van der Waals surface area contributed by atoms with Crippen molar-refractivity contribution in [2.75, 3.05) is 0 Å². The van der Waals surface area contributed by atoms with E-state index < -0.39 is 6.10 Å². The molecule has 0 saturated heterocycles. The Morgan fingerprint density at radius 3 is 2.14 bits per heavy atom. The predicted molar refractivity (Wildman–Crippen MR) is 215 cm³/mol. The minimum atomic E-state index is -0.426. The number of esters is 2. The average molecular weight is 751 g/mol. The summed E-state index contributed by atoms with van der Waals surface area (Å²) in [5.41, 5.74) is 7.28. The van der Waals surface area contributed by atoms with Crippen LogP contribution in [0.2, 0.25) is 0 Å². The molecule has 6 heteroatoms. The minimum absolute atomic E-state index is 0.0111. The zero-order valence-corrected chi connectivity index (χ0v) is 32.7. The van der Waals surface area contributed by atoms with Crippen LogP contribution in [0.4, 0.5) is 0 Å². The van der Waals surface area contributed by atoms with Crippen LogP contribution in [0, 0.1) is 34.5 Å². The maximum atomic E-state index is 14.2. The van der Waals surface area contributed by atoms with Crippen LogP contribution in [0.25, 0.3) is 0 Å². The molecule has 11 atom stereocenters. The van der Waals surface area contributed by atoms with Gasteiger partial charge < -0.3 is 19.7 Å². The van der Waals surface area contributed by atoms with E-state index in [-0.39, 0.29) is 40.7 Å². The lowest BCUT2D eigenvalue weighted by Crippen LogP contribution is -2.45. The number of phenols is 1. The zero-order valence-electron chi connectivity index (χ0n) is 32.7. The lowest BCUT2D eigenvalue weighted by molar-refractivity contribution is -0.0427. The summed E-state index contributed by atoms with van der Waals surface area (Å²) in [7, 11) is 0. The Morgan fingerprint density at radius 2 is 1.34 bits per heavy atom. The monoisotopic (exact) mass is 750 g/mol. The van der Waals surface area contributed by atoms with Crippen LogP contribution in [-0.2, 0) is 17.6 Å². The van der Waals surface area contributed by atoms with E-state index in [9.17, 15) is 19.8 Å². The van der Waals surface area contributed by atoms with Crippen molar-refractivity contribution < 1.29 is 29.3 Å². The summed E-state index contributed by atoms with van der Waals surface area (Å²) in [5, 5.41) is 21.9. The third kappa shape index (κ3) is 5.68. The van der Waals surface area contributed by atoms with Gasteiger partial charge in [-0.05, 0) is 188 Å². The molecule has 0 heterocycles. The quantitative estimate of drug-likeness (QED) is 0.156. The number of aliphatic hydroxyl groups excluding tert-OH is 1. The van der Waals surface area contributed by atoms with Crippen LogP contribution >= 0.6 is 0 Å². The van der Waals surface area contributed by atoms with Gasteiger partial charge in [0, 0.05) is 5.41 Å². The second kappa shape index (κ2) is 13.6. The fraction of sp³-hybridized carbons (Fsp3) is 0.480. The maximum absolute atomic E-state index is 14.2. The molecular formula is C50H54O6. The van der Waals surface area contributed by atoms with Crippen molar-refractivity contribution in [1.29, 1.82) is 0 Å². The average Bonchev–Trinajstić information content (AvgIpc) is 3.69. The number of aryl methyl sites for hydroxylation is 2. The summed E-state index contributed by atoms with van der Waals surface area (Å²) in [5.74, 6) is 3.01. The van der Waals surface area contributed by atoms with Crippen LogP contribution in [-0.4, -0.2) is 34.4 Å². The lowest BCUT2D eigenvalue weighted by Gasteiger charge is -2.51. The molecule has 0 amide bonds. The maximum Gasteiger partial charge on any atom is 0.343 e. The first kappa shape index (κ1) is 36.0. The second-order valence-electron chi connectivity index (χ2n) is 18.8. The molecule has 4 saturated carbocycles. The van der Waals surface area contributed by atoms with Gasteiger partial charge in [-0.25, -0.2) is 9.59 Å². The van der Waals surface area contributed by atoms with E-state index in [0.717, 1.165) is 69.8 Å². The van der Waals surface area contributed by atoms with E-state index in [0.29, 0.717) is 58.6 Å². The van der Waals surface area contributed by atoms with E-state index in [2.05, 4.69) is 38.1 Å². The molecule has 10 rings (SSSR count). The fourth-order valence-electron chi connectivity index (χ4n) is 13.7. The number of carbonyl (C=O) groups is 2. The molecule has 6 nitrogen and oxygen atoms in total. The predicted octanol–water partition coefficient (Wildman–Crippen LogP) is 10.3. The van der Waals surface area contributed by atoms with Crippen LogP contribution < -0.4 is 4.74 Å². The van der Waals surface area contributed by atoms with E-state index >= 15 is 0 Å². The Labute approximate surface area is 330 Å². The molecule has 4 aromatic carbocycles. The summed E-state index contributed by atoms with van der Waals surface area (Å²) in [6, 6.07) is 29.5. The highest BCUT2D eigenvalue weighted by atomic mass is 16.5. The summed E-state index contributed by atoms with van der Waals surface area (Å²) in [4.78, 5) is 27.3. The molecule has 6 aliphatic carbocycles. The third-order valence-electron chi connectivity index (χ3n) is 16.3. The van der Waals surface area contributed by atoms with Crippen LogP contribution in [0.3, 0.4) is 0 Å². The van der Waals surface area contributed by atoms with Crippen molar-refractivity contribution in [2.24, 2.45) is 34.5 Å². The number of ether oxygens (including phenoxy) is 2. The zero-order chi connectivity index (χ0) is 38.3. The van der Waals surface area contributed by atoms with Crippen molar-refractivity contribution in [2.45, 2.75) is 114 Å². The molecule has 0 aliphatic heterocycles. The Bertz CT molecular complexity index is 2180. The molecule has 0 aromatic heterocycles. The Morgan fingerprint density at radius 1 is 0.661 bits per heavy atom. The van der Waals surface area contributed by atoms with Gasteiger partial charge in [-0.1, -0.05) is 62.4 Å². The van der Waals surface area contributed by atoms with E-state index in [1.165, 1.54) is 22.3 Å². The third-order valence-corrected chi connectivity index (χ3v) is 16.3. The first-order valence-electron chi connectivity index (χ1n) is 21.3. The summed E-state index contributed by atoms with van der Waals surface area (Å²) < 4.78 is 12.5. The molecule has 4 aromatic rings. The first-order valence-corrected chi connectivity index (χ1v) is 21.3. The van der Waals surface area contributed by atoms with Crippen molar-refractivity contribution in [1.82, 2.24) is 0 Å². The molecule has 56 heavy (non-hydrogen) atoms. The standard InChI is InChI=1S/C50H54O6/c1-49-24-22-37-35-19-15-33(27-31(35)12-16-39(37)43(49)20-21-45(49)56-47(53)29-8-4-3-5-9-29)55-48(54)41-11-7-6-10-36(41)42-28-44(52)50(2)25-23-38-34-18-14-32(51)26-30(34)13-17-40(38)46(42)50/h3-11,14-15,18-19,26-27,37-40,42-46,51-52H,12-13,16-17,20-25,28H2,1-2H3/t37-,38-,39-,40-,42?,43+,44?,45?,46-,49+,50-/m1/s1. The molecule has 4 fully saturated rings. The summed E-state index contributed by atoms with van der Waals surface area (Å²) >= 11 is 0. The fourth-order valence-corrected chi connectivity index (χ4v) is 13.7. The van der Waals surface area contributed by atoms with Crippen molar-refractivity contribution in [3.05, 3.63) is 130 Å². The molecule has 0 spiro atoms. The van der Waals surface area contributed by atoms with Gasteiger partial charge >= 0.3 is 11.9 Å². The van der Waals surface area contributed by atoms with E-state index in [4.69, 9.17) is 9.47 Å². The Kier molecular flexibility index (Phi) is 8.74. The van der Waals surface area contributed by atoms with Crippen molar-refractivity contribution in [3.8, 4) is 11.5 Å². The Balaban J connectivity index is 0.863. The summed E-state index contributed by atoms with van der Waals surface area (Å²) in [6.45, 7) is 4.64. The summed E-state index contributed by atoms with van der Waals surface area (Å²) in [6.07, 6.45) is 10.3. The van der Waals surface area contributed by atoms with Gasteiger partial charge in [-0.3, -0.25) is 0 Å². The smallest absolute Gasteiger partial charge is 0.343 e. The molecule has 0 radical (unpaired) electrons. The largest absolute Gasteiger partial charge is 0.508 e. The molecule has 2 N–H and O–H groups in total. The normalized spacial score (nSPS) is 35.2. The van der Waals surface area contributed by atoms with Gasteiger partial charge in [0.2, 0.25) is 0 Å². The van der Waals surface area contributed by atoms with Crippen LogP contribution in [0.1, 0.15) is 138 Å². The van der Waals surface area contributed by atoms with Gasteiger partial charge in [0.25, 0.3) is 0 Å². The molecule has 6 aliphatic rings. The number of hydrogen-bond donors (Lipinski definition) is 2. The molecule has 3 unspecified atom stereocenters. The first-order chi connectivity index (χ1) is 27.1. The van der Waals surface area contributed by atoms with Crippen LogP contribution in [0.15, 0.2) is 91.0 Å². The number of rotatable bonds is 5. The van der Waals surface area contributed by atoms with Gasteiger partial charge in [0.15, 0.2) is 0 Å². The number of benzene rings is 4. The molecule has 290 valence electrons. The van der Waals surface area contributed by atoms with Gasteiger partial charge in [0.1, 0.15) is 17.6 Å². The van der Waals surface area contributed by atoms with E-state index in [1.807, 2.05) is 66.7 Å². The highest BCUT2D eigenvalue weighted by Gasteiger charge is 2.59. The van der Waals surface area contributed by atoms with Gasteiger partial charge in [-0.15, -0.1) is 0 Å². The lowest BCUT2D eigenvalue weighted by atomic mass is 9.53. The van der Waals surface area contributed by atoms with Gasteiger partial charge in [-0.2, -0.15) is 0 Å². The minimum Gasteiger partial charge on any atom is -0.508 e. The number of aromatic hydroxyl groups is 1. The van der Waals surface area contributed by atoms with Gasteiger partial charge in [0.05, 0.1) is 17.2 Å². The van der Waals surface area contributed by atoms with Crippen LogP contribution in [0.5, 0.6) is 11.5 Å². The van der Waals surface area contributed by atoms with Crippen molar-refractivity contribution in [3.63, 3.8) is 0 Å².